The highest BCUT2D eigenvalue weighted by atomic mass is 32.1. The summed E-state index contributed by atoms with van der Waals surface area (Å²) in [7, 11) is 0. The average Bonchev–Trinajstić information content (AvgIpc) is 3.29. The smallest absolute Gasteiger partial charge is 0.410 e. The first kappa shape index (κ1) is 20.5. The second kappa shape index (κ2) is 8.57. The van der Waals surface area contributed by atoms with Crippen LogP contribution in [-0.4, -0.2) is 41.7 Å². The molecule has 1 amide bonds. The van der Waals surface area contributed by atoms with Gasteiger partial charge in [0.25, 0.3) is 0 Å². The van der Waals surface area contributed by atoms with Crippen molar-refractivity contribution in [2.45, 2.75) is 26.8 Å². The van der Waals surface area contributed by atoms with Crippen molar-refractivity contribution in [1.82, 2.24) is 9.88 Å². The summed E-state index contributed by atoms with van der Waals surface area (Å²) in [5.41, 5.74) is 1.62. The Morgan fingerprint density at radius 2 is 2.03 bits per heavy atom. The molecule has 3 aromatic rings. The van der Waals surface area contributed by atoms with Crippen molar-refractivity contribution in [3.8, 4) is 0 Å². The number of esters is 1. The Labute approximate surface area is 180 Å². The predicted molar refractivity (Wildman–Crippen MR) is 114 cm³/mol. The fourth-order valence-corrected chi connectivity index (χ4v) is 5.55. The normalized spacial score (nSPS) is 13.2. The SMILES string of the molecule is CCOC(=O)c1c(Nc2nc3c(F)cccc3s2)sc2c1CCN(C(=O)OCC)C2. The van der Waals surface area contributed by atoms with Gasteiger partial charge in [-0.1, -0.05) is 17.4 Å². The molecule has 0 atom stereocenters. The van der Waals surface area contributed by atoms with Gasteiger partial charge in [-0.2, -0.15) is 0 Å². The summed E-state index contributed by atoms with van der Waals surface area (Å²) in [4.78, 5) is 31.7. The predicted octanol–water partition coefficient (Wildman–Crippen LogP) is 4.93. The molecule has 1 aliphatic heterocycles. The van der Waals surface area contributed by atoms with E-state index in [2.05, 4.69) is 10.3 Å². The number of benzene rings is 1. The fourth-order valence-electron chi connectivity index (χ4n) is 3.35. The van der Waals surface area contributed by atoms with Crippen molar-refractivity contribution >= 4 is 55.1 Å². The summed E-state index contributed by atoms with van der Waals surface area (Å²) in [6.45, 7) is 4.90. The molecule has 2 aromatic heterocycles. The van der Waals surface area contributed by atoms with Crippen LogP contribution in [0.15, 0.2) is 18.2 Å². The van der Waals surface area contributed by atoms with Crippen molar-refractivity contribution < 1.29 is 23.5 Å². The number of carbonyl (C=O) groups excluding carboxylic acids is 2. The molecule has 7 nitrogen and oxygen atoms in total. The number of carbonyl (C=O) groups is 2. The molecule has 0 unspecified atom stereocenters. The Morgan fingerprint density at radius 3 is 2.77 bits per heavy atom. The van der Waals surface area contributed by atoms with E-state index < -0.39 is 11.8 Å². The minimum atomic E-state index is -0.422. The lowest BCUT2D eigenvalue weighted by atomic mass is 10.0. The lowest BCUT2D eigenvalue weighted by Crippen LogP contribution is -2.36. The zero-order chi connectivity index (χ0) is 21.3. The van der Waals surface area contributed by atoms with Gasteiger partial charge in [0.2, 0.25) is 0 Å². The molecule has 0 spiro atoms. The molecular weight excluding hydrogens is 429 g/mol. The summed E-state index contributed by atoms with van der Waals surface area (Å²) in [6.07, 6.45) is 0.153. The third kappa shape index (κ3) is 3.84. The number of hydrogen-bond donors (Lipinski definition) is 1. The van der Waals surface area contributed by atoms with Crippen LogP contribution >= 0.6 is 22.7 Å². The van der Waals surface area contributed by atoms with Gasteiger partial charge < -0.3 is 19.7 Å². The second-order valence-electron chi connectivity index (χ2n) is 6.53. The van der Waals surface area contributed by atoms with E-state index in [-0.39, 0.29) is 18.2 Å². The molecule has 0 fully saturated rings. The maximum Gasteiger partial charge on any atom is 0.410 e. The molecule has 1 aromatic carbocycles. The molecular formula is C20H20FN3O4S2. The van der Waals surface area contributed by atoms with Crippen molar-refractivity contribution in [2.24, 2.45) is 0 Å². The number of thiophene rings is 1. The number of nitrogens with one attached hydrogen (secondary N) is 1. The van der Waals surface area contributed by atoms with Crippen LogP contribution in [-0.2, 0) is 22.4 Å². The molecule has 0 bridgehead atoms. The Bertz CT molecular complexity index is 1110. The van der Waals surface area contributed by atoms with Gasteiger partial charge in [-0.15, -0.1) is 11.3 Å². The van der Waals surface area contributed by atoms with Gasteiger partial charge in [-0.3, -0.25) is 0 Å². The number of anilines is 2. The summed E-state index contributed by atoms with van der Waals surface area (Å²) in [5, 5.41) is 4.25. The molecule has 0 saturated carbocycles. The van der Waals surface area contributed by atoms with Crippen LogP contribution in [0.5, 0.6) is 0 Å². The topological polar surface area (TPSA) is 80.8 Å². The van der Waals surface area contributed by atoms with E-state index in [1.54, 1.807) is 30.9 Å². The van der Waals surface area contributed by atoms with Gasteiger partial charge in [-0.25, -0.2) is 19.0 Å². The van der Waals surface area contributed by atoms with E-state index in [1.807, 2.05) is 0 Å². The summed E-state index contributed by atoms with van der Waals surface area (Å²) >= 11 is 2.68. The first-order valence-corrected chi connectivity index (χ1v) is 11.2. The van der Waals surface area contributed by atoms with Crippen molar-refractivity contribution in [1.29, 1.82) is 0 Å². The largest absolute Gasteiger partial charge is 0.462 e. The standard InChI is InChI=1S/C20H20FN3O4S2/c1-3-27-18(25)15-11-8-9-24(20(26)28-4-2)10-14(11)29-17(15)23-19-22-16-12(21)6-5-7-13(16)30-19/h5-7H,3-4,8-10H2,1-2H3,(H,22,23). The lowest BCUT2D eigenvalue weighted by molar-refractivity contribution is 0.0526. The lowest BCUT2D eigenvalue weighted by Gasteiger charge is -2.26. The van der Waals surface area contributed by atoms with Gasteiger partial charge in [0.05, 0.1) is 30.0 Å². The molecule has 10 heteroatoms. The monoisotopic (exact) mass is 449 g/mol. The quantitative estimate of drug-likeness (QED) is 0.556. The van der Waals surface area contributed by atoms with Gasteiger partial charge in [0.15, 0.2) is 5.13 Å². The van der Waals surface area contributed by atoms with Crippen LogP contribution < -0.4 is 5.32 Å². The zero-order valence-electron chi connectivity index (χ0n) is 16.5. The van der Waals surface area contributed by atoms with Crippen LogP contribution in [0.4, 0.5) is 19.3 Å². The first-order valence-electron chi connectivity index (χ1n) is 9.57. The first-order chi connectivity index (χ1) is 14.5. The molecule has 30 heavy (non-hydrogen) atoms. The minimum absolute atomic E-state index is 0.254. The fraction of sp³-hybridized carbons (Fsp3) is 0.350. The Balaban J connectivity index is 1.69. The van der Waals surface area contributed by atoms with Crippen LogP contribution in [0.2, 0.25) is 0 Å². The average molecular weight is 450 g/mol. The Morgan fingerprint density at radius 1 is 1.23 bits per heavy atom. The van der Waals surface area contributed by atoms with Crippen LogP contribution in [0.3, 0.4) is 0 Å². The van der Waals surface area contributed by atoms with E-state index in [0.29, 0.717) is 46.5 Å². The molecule has 158 valence electrons. The van der Waals surface area contributed by atoms with Crippen LogP contribution in [0.25, 0.3) is 10.2 Å². The minimum Gasteiger partial charge on any atom is -0.462 e. The van der Waals surface area contributed by atoms with Gasteiger partial charge in [0, 0.05) is 11.4 Å². The summed E-state index contributed by atoms with van der Waals surface area (Å²) in [6, 6.07) is 4.80. The van der Waals surface area contributed by atoms with Gasteiger partial charge >= 0.3 is 12.1 Å². The van der Waals surface area contributed by atoms with Crippen LogP contribution in [0, 0.1) is 5.82 Å². The summed E-state index contributed by atoms with van der Waals surface area (Å²) in [5.74, 6) is -0.813. The number of thiazole rings is 1. The number of rotatable bonds is 5. The molecule has 0 aliphatic carbocycles. The number of amides is 1. The second-order valence-corrected chi connectivity index (χ2v) is 8.67. The van der Waals surface area contributed by atoms with Crippen molar-refractivity contribution in [3.63, 3.8) is 0 Å². The molecule has 0 saturated heterocycles. The van der Waals surface area contributed by atoms with Gasteiger partial charge in [-0.05, 0) is 38.0 Å². The van der Waals surface area contributed by atoms with Crippen molar-refractivity contribution in [3.05, 3.63) is 40.0 Å². The highest BCUT2D eigenvalue weighted by molar-refractivity contribution is 7.23. The molecule has 1 N–H and O–H groups in total. The van der Waals surface area contributed by atoms with Gasteiger partial charge in [0.1, 0.15) is 16.3 Å². The zero-order valence-corrected chi connectivity index (χ0v) is 18.1. The number of aromatic nitrogens is 1. The number of hydrogen-bond acceptors (Lipinski definition) is 8. The molecule has 1 aliphatic rings. The maximum atomic E-state index is 14.0. The maximum absolute atomic E-state index is 14.0. The molecule has 3 heterocycles. The number of fused-ring (bicyclic) bond motifs is 2. The van der Waals surface area contributed by atoms with E-state index in [9.17, 15) is 14.0 Å². The van der Waals surface area contributed by atoms with E-state index >= 15 is 0 Å². The highest BCUT2D eigenvalue weighted by Crippen LogP contribution is 2.40. The number of halogens is 1. The third-order valence-corrected chi connectivity index (χ3v) is 6.72. The number of para-hydroxylation sites is 1. The molecule has 4 rings (SSSR count). The van der Waals surface area contributed by atoms with Crippen LogP contribution in [0.1, 0.15) is 34.6 Å². The highest BCUT2D eigenvalue weighted by Gasteiger charge is 2.31. The van der Waals surface area contributed by atoms with E-state index in [1.165, 1.54) is 28.7 Å². The van der Waals surface area contributed by atoms with E-state index in [4.69, 9.17) is 9.47 Å². The van der Waals surface area contributed by atoms with Crippen molar-refractivity contribution in [2.75, 3.05) is 25.1 Å². The van der Waals surface area contributed by atoms with E-state index in [0.717, 1.165) is 10.4 Å². The number of ether oxygens (including phenoxy) is 2. The third-order valence-electron chi connectivity index (χ3n) is 4.65. The Hall–Kier alpha value is -2.72. The number of nitrogens with zero attached hydrogens (tertiary/aromatic N) is 2. The molecule has 0 radical (unpaired) electrons. The summed E-state index contributed by atoms with van der Waals surface area (Å²) < 4.78 is 25.1. The Kier molecular flexibility index (Phi) is 5.87.